The minimum absolute atomic E-state index is 0.392. The van der Waals surface area contributed by atoms with E-state index in [0.717, 1.165) is 16.3 Å². The minimum atomic E-state index is 0.392. The average Bonchev–Trinajstić information content (AvgIpc) is 1.85. The summed E-state index contributed by atoms with van der Waals surface area (Å²) in [5.41, 5.74) is 7.57. The molecule has 0 amide bonds. The first kappa shape index (κ1) is 8.41. The number of hydrogen-bond acceptors (Lipinski definition) is 1. The van der Waals surface area contributed by atoms with E-state index in [2.05, 4.69) is 13.8 Å². The molecule has 0 aliphatic carbocycles. The standard InChI is InChI=1S/C9H12ClN/c1-6(2)9-7(10)4-3-5-8(9)11/h3-6H,11H2,1-2H3. The van der Waals surface area contributed by atoms with Gasteiger partial charge in [-0.05, 0) is 23.6 Å². The summed E-state index contributed by atoms with van der Waals surface area (Å²) in [5, 5.41) is 0.764. The number of nitrogen functional groups attached to an aromatic ring is 1. The van der Waals surface area contributed by atoms with Gasteiger partial charge in [0.05, 0.1) is 0 Å². The predicted octanol–water partition coefficient (Wildman–Crippen LogP) is 3.05. The van der Waals surface area contributed by atoms with Gasteiger partial charge in [0.1, 0.15) is 0 Å². The van der Waals surface area contributed by atoms with Crippen LogP contribution in [-0.2, 0) is 0 Å². The molecule has 60 valence electrons. The molecule has 0 radical (unpaired) electrons. The number of halogens is 1. The molecule has 0 saturated carbocycles. The van der Waals surface area contributed by atoms with Gasteiger partial charge in [-0.15, -0.1) is 0 Å². The Morgan fingerprint density at radius 1 is 1.36 bits per heavy atom. The minimum Gasteiger partial charge on any atom is -0.398 e. The third-order valence-corrected chi connectivity index (χ3v) is 1.99. The van der Waals surface area contributed by atoms with Gasteiger partial charge in [-0.2, -0.15) is 0 Å². The van der Waals surface area contributed by atoms with Gasteiger partial charge in [-0.3, -0.25) is 0 Å². The largest absolute Gasteiger partial charge is 0.398 e. The van der Waals surface area contributed by atoms with Crippen LogP contribution in [0.5, 0.6) is 0 Å². The van der Waals surface area contributed by atoms with Gasteiger partial charge in [0, 0.05) is 10.7 Å². The molecule has 0 aliphatic rings. The van der Waals surface area contributed by atoms with Crippen molar-refractivity contribution in [2.24, 2.45) is 0 Å². The third-order valence-electron chi connectivity index (χ3n) is 1.66. The molecule has 0 bridgehead atoms. The second-order valence-electron chi connectivity index (χ2n) is 2.90. The molecule has 1 aromatic carbocycles. The summed E-state index contributed by atoms with van der Waals surface area (Å²) >= 11 is 5.94. The fourth-order valence-electron chi connectivity index (χ4n) is 1.16. The lowest BCUT2D eigenvalue weighted by Crippen LogP contribution is -1.96. The zero-order chi connectivity index (χ0) is 8.43. The molecular formula is C9H12ClN. The van der Waals surface area contributed by atoms with Crippen LogP contribution in [0.2, 0.25) is 5.02 Å². The van der Waals surface area contributed by atoms with E-state index in [9.17, 15) is 0 Å². The normalized spacial score (nSPS) is 10.5. The Hall–Kier alpha value is -0.690. The monoisotopic (exact) mass is 169 g/mol. The fraction of sp³-hybridized carbons (Fsp3) is 0.333. The molecule has 0 spiro atoms. The first-order valence-electron chi connectivity index (χ1n) is 3.67. The molecule has 11 heavy (non-hydrogen) atoms. The van der Waals surface area contributed by atoms with Crippen LogP contribution in [-0.4, -0.2) is 0 Å². The van der Waals surface area contributed by atoms with Crippen LogP contribution in [0.15, 0.2) is 18.2 Å². The van der Waals surface area contributed by atoms with Crippen molar-refractivity contribution in [3.05, 3.63) is 28.8 Å². The lowest BCUT2D eigenvalue weighted by molar-refractivity contribution is 0.870. The molecule has 2 heteroatoms. The van der Waals surface area contributed by atoms with Crippen LogP contribution < -0.4 is 5.73 Å². The van der Waals surface area contributed by atoms with Crippen molar-refractivity contribution in [1.82, 2.24) is 0 Å². The first-order valence-corrected chi connectivity index (χ1v) is 4.04. The summed E-state index contributed by atoms with van der Waals surface area (Å²) in [6, 6.07) is 5.61. The van der Waals surface area contributed by atoms with E-state index in [1.807, 2.05) is 18.2 Å². The maximum absolute atomic E-state index is 5.94. The highest BCUT2D eigenvalue weighted by Crippen LogP contribution is 2.28. The summed E-state index contributed by atoms with van der Waals surface area (Å²) in [4.78, 5) is 0. The molecule has 0 unspecified atom stereocenters. The highest BCUT2D eigenvalue weighted by atomic mass is 35.5. The van der Waals surface area contributed by atoms with Gasteiger partial charge in [-0.1, -0.05) is 31.5 Å². The van der Waals surface area contributed by atoms with Crippen molar-refractivity contribution < 1.29 is 0 Å². The van der Waals surface area contributed by atoms with Crippen molar-refractivity contribution >= 4 is 17.3 Å². The molecule has 1 rings (SSSR count). The number of benzene rings is 1. The van der Waals surface area contributed by atoms with Crippen LogP contribution in [0.1, 0.15) is 25.3 Å². The lowest BCUT2D eigenvalue weighted by Gasteiger charge is -2.10. The number of hydrogen-bond donors (Lipinski definition) is 1. The molecule has 1 nitrogen and oxygen atoms in total. The van der Waals surface area contributed by atoms with Gasteiger partial charge in [0.25, 0.3) is 0 Å². The molecule has 0 fully saturated rings. The van der Waals surface area contributed by atoms with Crippen molar-refractivity contribution in [2.75, 3.05) is 5.73 Å². The lowest BCUT2D eigenvalue weighted by atomic mass is 10.0. The van der Waals surface area contributed by atoms with Crippen LogP contribution in [0.25, 0.3) is 0 Å². The summed E-state index contributed by atoms with van der Waals surface area (Å²) < 4.78 is 0. The first-order chi connectivity index (χ1) is 5.13. The van der Waals surface area contributed by atoms with Gasteiger partial charge in [0.2, 0.25) is 0 Å². The van der Waals surface area contributed by atoms with Crippen molar-refractivity contribution in [1.29, 1.82) is 0 Å². The molecule has 0 heterocycles. The molecular weight excluding hydrogens is 158 g/mol. The Labute approximate surface area is 72.2 Å². The van der Waals surface area contributed by atoms with Crippen LogP contribution >= 0.6 is 11.6 Å². The molecule has 0 saturated heterocycles. The smallest absolute Gasteiger partial charge is 0.0461 e. The van der Waals surface area contributed by atoms with E-state index < -0.39 is 0 Å². The van der Waals surface area contributed by atoms with Crippen molar-refractivity contribution in [2.45, 2.75) is 19.8 Å². The Balaban J connectivity index is 3.21. The second-order valence-corrected chi connectivity index (χ2v) is 3.30. The molecule has 2 N–H and O–H groups in total. The SMILES string of the molecule is CC(C)c1c(N)cccc1Cl. The van der Waals surface area contributed by atoms with Crippen molar-refractivity contribution in [3.63, 3.8) is 0 Å². The Morgan fingerprint density at radius 2 is 2.00 bits per heavy atom. The van der Waals surface area contributed by atoms with Crippen molar-refractivity contribution in [3.8, 4) is 0 Å². The van der Waals surface area contributed by atoms with Gasteiger partial charge in [0.15, 0.2) is 0 Å². The summed E-state index contributed by atoms with van der Waals surface area (Å²) in [6.07, 6.45) is 0. The quantitative estimate of drug-likeness (QED) is 0.643. The van der Waals surface area contributed by atoms with Crippen LogP contribution in [0, 0.1) is 0 Å². The van der Waals surface area contributed by atoms with Crippen LogP contribution in [0.4, 0.5) is 5.69 Å². The van der Waals surface area contributed by atoms with Crippen LogP contribution in [0.3, 0.4) is 0 Å². The number of anilines is 1. The fourth-order valence-corrected chi connectivity index (χ4v) is 1.56. The maximum atomic E-state index is 5.94. The molecule has 1 aromatic rings. The number of nitrogens with two attached hydrogens (primary N) is 1. The summed E-state index contributed by atoms with van der Waals surface area (Å²) in [6.45, 7) is 4.16. The van der Waals surface area contributed by atoms with Gasteiger partial charge < -0.3 is 5.73 Å². The highest BCUT2D eigenvalue weighted by Gasteiger charge is 2.07. The van der Waals surface area contributed by atoms with E-state index in [4.69, 9.17) is 17.3 Å². The zero-order valence-electron chi connectivity index (χ0n) is 6.76. The Kier molecular flexibility index (Phi) is 2.40. The van der Waals surface area contributed by atoms with E-state index in [1.165, 1.54) is 0 Å². The topological polar surface area (TPSA) is 26.0 Å². The number of rotatable bonds is 1. The molecule has 0 aliphatic heterocycles. The zero-order valence-corrected chi connectivity index (χ0v) is 7.52. The molecule has 0 atom stereocenters. The van der Waals surface area contributed by atoms with Gasteiger partial charge >= 0.3 is 0 Å². The molecule has 0 aromatic heterocycles. The maximum Gasteiger partial charge on any atom is 0.0461 e. The Bertz CT molecular complexity index is 235. The van der Waals surface area contributed by atoms with E-state index in [-0.39, 0.29) is 0 Å². The average molecular weight is 170 g/mol. The summed E-state index contributed by atoms with van der Waals surface area (Å²) in [5.74, 6) is 0.392. The van der Waals surface area contributed by atoms with E-state index in [0.29, 0.717) is 5.92 Å². The van der Waals surface area contributed by atoms with Gasteiger partial charge in [-0.25, -0.2) is 0 Å². The third kappa shape index (κ3) is 1.66. The summed E-state index contributed by atoms with van der Waals surface area (Å²) in [7, 11) is 0. The second kappa shape index (κ2) is 3.14. The Morgan fingerprint density at radius 3 is 2.36 bits per heavy atom. The van der Waals surface area contributed by atoms with E-state index in [1.54, 1.807) is 0 Å². The highest BCUT2D eigenvalue weighted by molar-refractivity contribution is 6.31. The predicted molar refractivity (Wildman–Crippen MR) is 50.0 cm³/mol. The van der Waals surface area contributed by atoms with E-state index >= 15 is 0 Å².